The molecule has 0 saturated carbocycles. The summed E-state index contributed by atoms with van der Waals surface area (Å²) in [5.74, 6) is -6.04. The minimum absolute atomic E-state index is 4.17. The predicted octanol–water partition coefficient (Wildman–Crippen LogP) is 1.47. The van der Waals surface area contributed by atoms with E-state index in [-0.39, 0.29) is 0 Å². The highest BCUT2D eigenvalue weighted by Crippen LogP contribution is 2.41. The lowest BCUT2D eigenvalue weighted by molar-refractivity contribution is -0.343. The van der Waals surface area contributed by atoms with E-state index in [1.54, 1.807) is 0 Å². The molecule has 0 aliphatic rings. The lowest BCUT2D eigenvalue weighted by Crippen LogP contribution is -2.56. The first-order chi connectivity index (χ1) is 6.32. The van der Waals surface area contributed by atoms with Crippen LogP contribution >= 0.6 is 0 Å². The Morgan fingerprint density at radius 3 is 1.20 bits per heavy atom. The van der Waals surface area contributed by atoms with Gasteiger partial charge in [0.25, 0.3) is 0 Å². The fourth-order valence-corrected chi connectivity index (χ4v) is 0.545. The smallest absolute Gasteiger partial charge is 0.383 e. The molecular formula is C5H4F8O2. The fourth-order valence-electron chi connectivity index (χ4n) is 0.545. The molecule has 0 heterocycles. The first kappa shape index (κ1) is 14.4. The van der Waals surface area contributed by atoms with Crippen molar-refractivity contribution in [1.29, 1.82) is 0 Å². The largest absolute Gasteiger partial charge is 0.456 e. The summed E-state index contributed by atoms with van der Waals surface area (Å²) in [6, 6.07) is 0. The van der Waals surface area contributed by atoms with Gasteiger partial charge in [0.1, 0.15) is 0 Å². The van der Waals surface area contributed by atoms with Gasteiger partial charge in [-0.25, -0.2) is 0 Å². The van der Waals surface area contributed by atoms with Crippen molar-refractivity contribution in [2.45, 2.75) is 30.5 Å². The van der Waals surface area contributed by atoms with E-state index in [1.807, 2.05) is 0 Å². The van der Waals surface area contributed by atoms with E-state index in [1.165, 1.54) is 0 Å². The minimum Gasteiger partial charge on any atom is -0.383 e. The number of hydrogen-bond donors (Lipinski definition) is 2. The van der Waals surface area contributed by atoms with Crippen molar-refractivity contribution in [3.05, 3.63) is 0 Å². The summed E-state index contributed by atoms with van der Waals surface area (Å²) in [6.07, 6.45) is -20.6. The molecule has 92 valence electrons. The average Bonchev–Trinajstić information content (AvgIpc) is 1.97. The highest BCUT2D eigenvalue weighted by atomic mass is 19.4. The van der Waals surface area contributed by atoms with Gasteiger partial charge in [0.05, 0.1) is 0 Å². The highest BCUT2D eigenvalue weighted by Gasteiger charge is 2.67. The topological polar surface area (TPSA) is 40.5 Å². The van der Waals surface area contributed by atoms with Crippen LogP contribution in [0.1, 0.15) is 0 Å². The molecule has 0 aliphatic heterocycles. The Balaban J connectivity index is 4.94. The van der Waals surface area contributed by atoms with Crippen LogP contribution < -0.4 is 0 Å². The molecule has 10 heteroatoms. The van der Waals surface area contributed by atoms with Gasteiger partial charge < -0.3 is 10.2 Å². The van der Waals surface area contributed by atoms with Crippen LogP contribution in [-0.2, 0) is 0 Å². The second-order valence-corrected chi connectivity index (χ2v) is 2.55. The van der Waals surface area contributed by atoms with Crippen LogP contribution in [0.25, 0.3) is 0 Å². The normalized spacial score (nSPS) is 18.8. The summed E-state index contributed by atoms with van der Waals surface area (Å²) in [6.45, 7) is 0. The van der Waals surface area contributed by atoms with Gasteiger partial charge in [-0.05, 0) is 0 Å². The number of halogens is 8. The van der Waals surface area contributed by atoms with Gasteiger partial charge in [-0.2, -0.15) is 35.1 Å². The van der Waals surface area contributed by atoms with Gasteiger partial charge in [-0.15, -0.1) is 0 Å². The number of aliphatic hydroxyl groups is 2. The molecule has 2 unspecified atom stereocenters. The molecule has 0 rings (SSSR count). The van der Waals surface area contributed by atoms with E-state index in [9.17, 15) is 35.1 Å². The van der Waals surface area contributed by atoms with Crippen LogP contribution in [0.2, 0.25) is 0 Å². The monoisotopic (exact) mass is 248 g/mol. The Labute approximate surface area is 77.1 Å². The summed E-state index contributed by atoms with van der Waals surface area (Å²) in [5.41, 5.74) is 0. The van der Waals surface area contributed by atoms with Crippen LogP contribution in [0.3, 0.4) is 0 Å². The first-order valence-corrected chi connectivity index (χ1v) is 3.19. The van der Waals surface area contributed by atoms with Crippen LogP contribution in [-0.4, -0.2) is 40.7 Å². The first-order valence-electron chi connectivity index (χ1n) is 3.19. The maximum Gasteiger partial charge on any atom is 0.456 e. The molecule has 0 fully saturated rings. The van der Waals surface area contributed by atoms with Crippen LogP contribution in [0.4, 0.5) is 35.1 Å². The standard InChI is InChI=1S/C5H4F8O2/c6-3(7,5(11,12)13)1(14)2(15)4(8,9)10/h1-2,14-15H. The molecule has 0 aromatic heterocycles. The van der Waals surface area contributed by atoms with Crippen molar-refractivity contribution in [3.63, 3.8) is 0 Å². The Bertz CT molecular complexity index is 218. The maximum atomic E-state index is 12.1. The molecule has 0 radical (unpaired) electrons. The molecule has 0 aromatic rings. The van der Waals surface area contributed by atoms with Crippen molar-refractivity contribution in [1.82, 2.24) is 0 Å². The molecule has 0 bridgehead atoms. The molecule has 2 N–H and O–H groups in total. The quantitative estimate of drug-likeness (QED) is 0.726. The third-order valence-corrected chi connectivity index (χ3v) is 1.38. The van der Waals surface area contributed by atoms with Gasteiger partial charge in [0, 0.05) is 0 Å². The molecule has 0 spiro atoms. The summed E-state index contributed by atoms with van der Waals surface area (Å²) in [7, 11) is 0. The number of rotatable bonds is 2. The zero-order chi connectivity index (χ0) is 12.7. The van der Waals surface area contributed by atoms with Crippen molar-refractivity contribution in [2.75, 3.05) is 0 Å². The van der Waals surface area contributed by atoms with Gasteiger partial charge in [0.15, 0.2) is 12.2 Å². The maximum absolute atomic E-state index is 12.1. The second-order valence-electron chi connectivity index (χ2n) is 2.55. The molecule has 0 amide bonds. The highest BCUT2D eigenvalue weighted by molar-refractivity contribution is 4.91. The molecular weight excluding hydrogens is 244 g/mol. The van der Waals surface area contributed by atoms with E-state index < -0.39 is 30.5 Å². The van der Waals surface area contributed by atoms with E-state index in [0.717, 1.165) is 0 Å². The van der Waals surface area contributed by atoms with E-state index >= 15 is 0 Å². The molecule has 0 saturated heterocycles. The van der Waals surface area contributed by atoms with Gasteiger partial charge >= 0.3 is 18.3 Å². The predicted molar refractivity (Wildman–Crippen MR) is 29.1 cm³/mol. The third kappa shape index (κ3) is 2.91. The fraction of sp³-hybridized carbons (Fsp3) is 1.00. The van der Waals surface area contributed by atoms with E-state index in [4.69, 9.17) is 10.2 Å². The Kier molecular flexibility index (Phi) is 3.58. The molecule has 0 aromatic carbocycles. The zero-order valence-corrected chi connectivity index (χ0v) is 6.57. The van der Waals surface area contributed by atoms with Crippen molar-refractivity contribution in [3.8, 4) is 0 Å². The van der Waals surface area contributed by atoms with E-state index in [0.29, 0.717) is 0 Å². The number of alkyl halides is 8. The van der Waals surface area contributed by atoms with E-state index in [2.05, 4.69) is 0 Å². The average molecular weight is 248 g/mol. The van der Waals surface area contributed by atoms with Gasteiger partial charge in [0.2, 0.25) is 0 Å². The van der Waals surface area contributed by atoms with Crippen molar-refractivity contribution >= 4 is 0 Å². The summed E-state index contributed by atoms with van der Waals surface area (Å²) >= 11 is 0. The third-order valence-electron chi connectivity index (χ3n) is 1.38. The summed E-state index contributed by atoms with van der Waals surface area (Å²) < 4.78 is 93.0. The molecule has 2 nitrogen and oxygen atoms in total. The Hall–Kier alpha value is -0.640. The van der Waals surface area contributed by atoms with Crippen molar-refractivity contribution in [2.24, 2.45) is 0 Å². The zero-order valence-electron chi connectivity index (χ0n) is 6.57. The Morgan fingerprint density at radius 1 is 0.667 bits per heavy atom. The second kappa shape index (κ2) is 3.74. The molecule has 15 heavy (non-hydrogen) atoms. The Morgan fingerprint density at radius 2 is 1.00 bits per heavy atom. The van der Waals surface area contributed by atoms with Crippen LogP contribution in [0.5, 0.6) is 0 Å². The lowest BCUT2D eigenvalue weighted by atomic mass is 10.1. The number of hydrogen-bond acceptors (Lipinski definition) is 2. The number of aliphatic hydroxyl groups excluding tert-OH is 2. The van der Waals surface area contributed by atoms with Gasteiger partial charge in [-0.1, -0.05) is 0 Å². The summed E-state index contributed by atoms with van der Waals surface area (Å²) in [5, 5.41) is 16.1. The summed E-state index contributed by atoms with van der Waals surface area (Å²) in [4.78, 5) is 0. The van der Waals surface area contributed by atoms with Crippen LogP contribution in [0.15, 0.2) is 0 Å². The van der Waals surface area contributed by atoms with Gasteiger partial charge in [-0.3, -0.25) is 0 Å². The lowest BCUT2D eigenvalue weighted by Gasteiger charge is -2.28. The molecule has 0 aliphatic carbocycles. The molecule has 2 atom stereocenters. The minimum atomic E-state index is -6.38. The van der Waals surface area contributed by atoms with Crippen LogP contribution in [0, 0.1) is 0 Å². The SMILES string of the molecule is OC(C(O)C(F)(F)C(F)(F)F)C(F)(F)F. The van der Waals surface area contributed by atoms with Crippen molar-refractivity contribution < 1.29 is 45.3 Å².